The Kier molecular flexibility index (Phi) is 7.05. The van der Waals surface area contributed by atoms with Crippen LogP contribution in [0.25, 0.3) is 0 Å². The molecule has 2 aliphatic heterocycles. The van der Waals surface area contributed by atoms with Gasteiger partial charge in [0.1, 0.15) is 12.7 Å². The van der Waals surface area contributed by atoms with Crippen LogP contribution in [0.1, 0.15) is 71.5 Å². The highest BCUT2D eigenvalue weighted by Crippen LogP contribution is 2.49. The van der Waals surface area contributed by atoms with Crippen LogP contribution >= 0.6 is 0 Å². The lowest BCUT2D eigenvalue weighted by Gasteiger charge is -2.40. The van der Waals surface area contributed by atoms with E-state index in [0.29, 0.717) is 40.4 Å². The molecule has 2 heterocycles. The monoisotopic (exact) mass is 465 g/mol. The van der Waals surface area contributed by atoms with Crippen molar-refractivity contribution in [3.05, 3.63) is 53.1 Å². The molecule has 0 aromatic heterocycles. The molecule has 2 aromatic rings. The maximum absolute atomic E-state index is 13.6. The number of unbranched alkanes of at least 4 members (excludes halogenated alkanes) is 4. The molecular formula is C26H31N3O5. The van der Waals surface area contributed by atoms with Crippen LogP contribution in [-0.2, 0) is 4.79 Å². The summed E-state index contributed by atoms with van der Waals surface area (Å²) in [5.74, 6) is -0.0748. The fourth-order valence-corrected chi connectivity index (χ4v) is 4.75. The molecule has 8 nitrogen and oxygen atoms in total. The van der Waals surface area contributed by atoms with Crippen molar-refractivity contribution in [1.82, 2.24) is 10.2 Å². The van der Waals surface area contributed by atoms with Crippen molar-refractivity contribution in [1.29, 1.82) is 0 Å². The fourth-order valence-electron chi connectivity index (χ4n) is 4.75. The number of carbonyl (C=O) groups is 3. The summed E-state index contributed by atoms with van der Waals surface area (Å²) < 4.78 is 10.9. The normalized spacial score (nSPS) is 16.1. The van der Waals surface area contributed by atoms with Gasteiger partial charge in [0, 0.05) is 12.1 Å². The first kappa shape index (κ1) is 23.6. The third kappa shape index (κ3) is 4.08. The van der Waals surface area contributed by atoms with Crippen LogP contribution in [0, 0.1) is 0 Å². The summed E-state index contributed by atoms with van der Waals surface area (Å²) >= 11 is 0. The number of para-hydroxylation sites is 1. The number of nitrogens with one attached hydrogen (secondary N) is 1. The van der Waals surface area contributed by atoms with E-state index in [-0.39, 0.29) is 24.3 Å². The Morgan fingerprint density at radius 3 is 2.47 bits per heavy atom. The maximum Gasteiger partial charge on any atom is 0.264 e. The smallest absolute Gasteiger partial charge is 0.264 e. The largest absolute Gasteiger partial charge is 0.493 e. The Morgan fingerprint density at radius 2 is 1.74 bits per heavy atom. The molecule has 0 unspecified atom stereocenters. The summed E-state index contributed by atoms with van der Waals surface area (Å²) in [7, 11) is 2.99. The first-order chi connectivity index (χ1) is 16.5. The number of benzene rings is 2. The van der Waals surface area contributed by atoms with Crippen molar-refractivity contribution in [3.63, 3.8) is 0 Å². The first-order valence-corrected chi connectivity index (χ1v) is 11.8. The van der Waals surface area contributed by atoms with Gasteiger partial charge in [-0.15, -0.1) is 0 Å². The Morgan fingerprint density at radius 1 is 0.971 bits per heavy atom. The molecule has 2 aromatic carbocycles. The molecule has 180 valence electrons. The molecule has 8 heteroatoms. The molecule has 0 spiro atoms. The van der Waals surface area contributed by atoms with Crippen molar-refractivity contribution in [2.24, 2.45) is 0 Å². The van der Waals surface area contributed by atoms with Crippen molar-refractivity contribution < 1.29 is 23.9 Å². The molecule has 0 bridgehead atoms. The Bertz CT molecular complexity index is 1100. The van der Waals surface area contributed by atoms with Crippen molar-refractivity contribution in [2.45, 2.75) is 45.2 Å². The van der Waals surface area contributed by atoms with Gasteiger partial charge in [0.15, 0.2) is 11.5 Å². The molecule has 0 aliphatic carbocycles. The van der Waals surface area contributed by atoms with Gasteiger partial charge >= 0.3 is 0 Å². The standard InChI is InChI=1S/C26H31N3O5/c1-4-5-6-7-10-15-27-21(30)16-28-24-18-13-14-20(33-2)23(34-3)22(18)26(32)29(24)19-12-9-8-11-17(19)25(28)31/h8-9,11-14,24H,4-7,10,15-16H2,1-3H3,(H,27,30)/t24-/m0/s1. The van der Waals surface area contributed by atoms with Crippen LogP contribution < -0.4 is 19.7 Å². The summed E-state index contributed by atoms with van der Waals surface area (Å²) in [4.78, 5) is 43.0. The van der Waals surface area contributed by atoms with E-state index < -0.39 is 6.17 Å². The van der Waals surface area contributed by atoms with Crippen LogP contribution in [0.3, 0.4) is 0 Å². The van der Waals surface area contributed by atoms with Gasteiger partial charge in [0.25, 0.3) is 11.8 Å². The zero-order valence-electron chi connectivity index (χ0n) is 19.9. The van der Waals surface area contributed by atoms with Gasteiger partial charge in [-0.05, 0) is 24.6 Å². The number of nitrogens with zero attached hydrogens (tertiary/aromatic N) is 2. The number of fused-ring (bicyclic) bond motifs is 5. The van der Waals surface area contributed by atoms with Crippen LogP contribution in [-0.4, -0.2) is 49.9 Å². The molecular weight excluding hydrogens is 434 g/mol. The zero-order valence-corrected chi connectivity index (χ0v) is 19.9. The van der Waals surface area contributed by atoms with Crippen molar-refractivity contribution in [2.75, 3.05) is 32.2 Å². The summed E-state index contributed by atoms with van der Waals surface area (Å²) in [6, 6.07) is 10.5. The van der Waals surface area contributed by atoms with Crippen molar-refractivity contribution >= 4 is 23.4 Å². The lowest BCUT2D eigenvalue weighted by atomic mass is 10.0. The highest BCUT2D eigenvalue weighted by atomic mass is 16.5. The Labute approximate surface area is 199 Å². The summed E-state index contributed by atoms with van der Waals surface area (Å²) in [6.45, 7) is 2.58. The molecule has 1 atom stereocenters. The molecule has 4 rings (SSSR count). The van der Waals surface area contributed by atoms with Gasteiger partial charge in [0.2, 0.25) is 5.91 Å². The van der Waals surface area contributed by atoms with Crippen LogP contribution in [0.2, 0.25) is 0 Å². The zero-order chi connectivity index (χ0) is 24.2. The van der Waals surface area contributed by atoms with E-state index >= 15 is 0 Å². The van der Waals surface area contributed by atoms with Crippen LogP contribution in [0.4, 0.5) is 5.69 Å². The lowest BCUT2D eigenvalue weighted by molar-refractivity contribution is -0.122. The fraction of sp³-hybridized carbons (Fsp3) is 0.423. The number of hydrogen-bond donors (Lipinski definition) is 1. The van der Waals surface area contributed by atoms with E-state index in [1.54, 1.807) is 41.3 Å². The van der Waals surface area contributed by atoms with E-state index in [4.69, 9.17) is 9.47 Å². The van der Waals surface area contributed by atoms with E-state index in [1.165, 1.54) is 32.0 Å². The van der Waals surface area contributed by atoms with E-state index in [0.717, 1.165) is 19.3 Å². The number of anilines is 1. The molecule has 1 N–H and O–H groups in total. The number of rotatable bonds is 10. The minimum atomic E-state index is -0.736. The maximum atomic E-state index is 13.6. The number of amides is 3. The highest BCUT2D eigenvalue weighted by molar-refractivity contribution is 6.18. The minimum absolute atomic E-state index is 0.148. The second-order valence-electron chi connectivity index (χ2n) is 8.53. The van der Waals surface area contributed by atoms with Gasteiger partial charge < -0.3 is 19.7 Å². The second-order valence-corrected chi connectivity index (χ2v) is 8.53. The van der Waals surface area contributed by atoms with Gasteiger partial charge in [-0.2, -0.15) is 0 Å². The summed E-state index contributed by atoms with van der Waals surface area (Å²) in [5.41, 5.74) is 1.86. The lowest BCUT2D eigenvalue weighted by Crippen LogP contribution is -2.51. The molecule has 0 radical (unpaired) electrons. The van der Waals surface area contributed by atoms with Gasteiger partial charge in [0.05, 0.1) is 31.0 Å². The molecule has 0 fully saturated rings. The molecule has 2 aliphatic rings. The second kappa shape index (κ2) is 10.2. The summed E-state index contributed by atoms with van der Waals surface area (Å²) in [5, 5.41) is 2.93. The SMILES string of the molecule is CCCCCCCNC(=O)CN1C(=O)c2ccccc2N2C(=O)c3c(ccc(OC)c3OC)[C@@H]12. The van der Waals surface area contributed by atoms with E-state index in [9.17, 15) is 14.4 Å². The molecule has 0 saturated heterocycles. The number of ether oxygens (including phenoxy) is 2. The van der Waals surface area contributed by atoms with Crippen molar-refractivity contribution in [3.8, 4) is 11.5 Å². The first-order valence-electron chi connectivity index (χ1n) is 11.8. The molecule has 0 saturated carbocycles. The van der Waals surface area contributed by atoms with Crippen LogP contribution in [0.5, 0.6) is 11.5 Å². The Hall–Kier alpha value is -3.55. The summed E-state index contributed by atoms with van der Waals surface area (Å²) in [6.07, 6.45) is 4.73. The highest BCUT2D eigenvalue weighted by Gasteiger charge is 2.50. The molecule has 3 amide bonds. The van der Waals surface area contributed by atoms with E-state index in [2.05, 4.69) is 12.2 Å². The van der Waals surface area contributed by atoms with Crippen LogP contribution in [0.15, 0.2) is 36.4 Å². The average molecular weight is 466 g/mol. The molecule has 34 heavy (non-hydrogen) atoms. The number of methoxy groups -OCH3 is 2. The number of hydrogen-bond acceptors (Lipinski definition) is 5. The van der Waals surface area contributed by atoms with Gasteiger partial charge in [-0.3, -0.25) is 19.3 Å². The predicted molar refractivity (Wildman–Crippen MR) is 128 cm³/mol. The Balaban J connectivity index is 1.64. The van der Waals surface area contributed by atoms with Gasteiger partial charge in [-0.25, -0.2) is 0 Å². The van der Waals surface area contributed by atoms with Gasteiger partial charge in [-0.1, -0.05) is 50.8 Å². The number of carbonyl (C=O) groups excluding carboxylic acids is 3. The third-order valence-electron chi connectivity index (χ3n) is 6.40. The third-order valence-corrected chi connectivity index (χ3v) is 6.40. The van der Waals surface area contributed by atoms with E-state index in [1.807, 2.05) is 0 Å². The quantitative estimate of drug-likeness (QED) is 0.538. The minimum Gasteiger partial charge on any atom is -0.493 e. The average Bonchev–Trinajstić information content (AvgIpc) is 3.15. The predicted octanol–water partition coefficient (Wildman–Crippen LogP) is 3.91. The topological polar surface area (TPSA) is 88.2 Å².